The van der Waals surface area contributed by atoms with Crippen LogP contribution in [0.4, 0.5) is 11.6 Å². The van der Waals surface area contributed by atoms with Crippen LogP contribution in [0, 0.1) is 0 Å². The van der Waals surface area contributed by atoms with Crippen LogP contribution in [0.5, 0.6) is 35.0 Å². The summed E-state index contributed by atoms with van der Waals surface area (Å²) >= 11 is 0. The van der Waals surface area contributed by atoms with E-state index in [9.17, 15) is 9.59 Å². The minimum absolute atomic E-state index is 0.0646. The van der Waals surface area contributed by atoms with Gasteiger partial charge in [0.25, 0.3) is 0 Å². The van der Waals surface area contributed by atoms with Crippen molar-refractivity contribution >= 4 is 23.9 Å². The molecule has 4 aromatic rings. The van der Waals surface area contributed by atoms with Gasteiger partial charge in [-0.25, -0.2) is 4.79 Å². The largest absolute Gasteiger partial charge is 0.497 e. The second-order valence-corrected chi connectivity index (χ2v) is 7.33. The van der Waals surface area contributed by atoms with E-state index in [4.69, 9.17) is 23.7 Å². The molecule has 0 amide bonds. The predicted octanol–water partition coefficient (Wildman–Crippen LogP) is 4.82. The van der Waals surface area contributed by atoms with Crippen LogP contribution < -0.4 is 24.3 Å². The summed E-state index contributed by atoms with van der Waals surface area (Å²) in [7, 11) is 4.31. The summed E-state index contributed by atoms with van der Waals surface area (Å²) in [6.45, 7) is 0. The van der Waals surface area contributed by atoms with Crippen molar-refractivity contribution in [1.29, 1.82) is 0 Å². The fraction of sp³-hybridized carbons (Fsp3) is 0.115. The number of esters is 1. The third kappa shape index (κ3) is 6.28. The Morgan fingerprint density at radius 1 is 0.784 bits per heavy atom. The number of anilines is 2. The molecule has 11 heteroatoms. The molecule has 0 saturated carbocycles. The molecular formula is C26H22N4O7. The highest BCUT2D eigenvalue weighted by molar-refractivity contribution is 5.90. The third-order valence-corrected chi connectivity index (χ3v) is 4.93. The molecule has 0 saturated heterocycles. The van der Waals surface area contributed by atoms with Gasteiger partial charge in [0.15, 0.2) is 11.5 Å². The summed E-state index contributed by atoms with van der Waals surface area (Å²) in [4.78, 5) is 35.9. The van der Waals surface area contributed by atoms with Crippen LogP contribution in [0.3, 0.4) is 0 Å². The van der Waals surface area contributed by atoms with Crippen molar-refractivity contribution in [2.75, 3.05) is 26.6 Å². The molecule has 4 rings (SSSR count). The van der Waals surface area contributed by atoms with Gasteiger partial charge >= 0.3 is 18.0 Å². The molecule has 0 spiro atoms. The predicted molar refractivity (Wildman–Crippen MR) is 132 cm³/mol. The Morgan fingerprint density at radius 3 is 2.19 bits per heavy atom. The Morgan fingerprint density at radius 2 is 1.51 bits per heavy atom. The highest BCUT2D eigenvalue weighted by Gasteiger charge is 2.15. The number of nitrogens with one attached hydrogen (secondary N) is 1. The molecule has 0 radical (unpaired) electrons. The number of nitrogens with zero attached hydrogens (tertiary/aromatic N) is 3. The first kappa shape index (κ1) is 24.9. The van der Waals surface area contributed by atoms with Gasteiger partial charge in [-0.15, -0.1) is 4.98 Å². The third-order valence-electron chi connectivity index (χ3n) is 4.93. The van der Waals surface area contributed by atoms with Gasteiger partial charge < -0.3 is 29.0 Å². The number of methoxy groups -OCH3 is 3. The van der Waals surface area contributed by atoms with Crippen LogP contribution in [0.1, 0.15) is 20.7 Å². The zero-order chi connectivity index (χ0) is 26.2. The van der Waals surface area contributed by atoms with E-state index in [1.807, 2.05) is 0 Å². The van der Waals surface area contributed by atoms with Gasteiger partial charge in [-0.3, -0.25) is 4.79 Å². The second kappa shape index (κ2) is 11.5. The molecule has 0 bridgehead atoms. The average Bonchev–Trinajstić information content (AvgIpc) is 2.93. The molecule has 0 unspecified atom stereocenters. The maximum absolute atomic E-state index is 11.9. The van der Waals surface area contributed by atoms with Crippen LogP contribution in [0.15, 0.2) is 66.7 Å². The first-order chi connectivity index (χ1) is 18.0. The standard InChI is InChI=1S/C26H22N4O7/c1-33-19-8-10-20(11-9-19)36-25-28-24(27-18-6-4-5-17(14-18)23(32)35-3)29-26(30-25)37-21-12-7-16(15-31)13-22(21)34-2/h4-15H,1-3H3,(H,27,28,29,30). The Hall–Kier alpha value is -5.19. The van der Waals surface area contributed by atoms with Crippen molar-refractivity contribution in [2.24, 2.45) is 0 Å². The van der Waals surface area contributed by atoms with Crippen molar-refractivity contribution in [2.45, 2.75) is 0 Å². The number of ether oxygens (including phenoxy) is 5. The number of hydrogen-bond acceptors (Lipinski definition) is 11. The van der Waals surface area contributed by atoms with Gasteiger partial charge in [0.05, 0.1) is 26.9 Å². The van der Waals surface area contributed by atoms with Crippen LogP contribution in [0.25, 0.3) is 0 Å². The van der Waals surface area contributed by atoms with Crippen molar-refractivity contribution in [1.82, 2.24) is 15.0 Å². The lowest BCUT2D eigenvalue weighted by Gasteiger charge is -2.12. The van der Waals surface area contributed by atoms with Crippen LogP contribution in [-0.4, -0.2) is 48.5 Å². The fourth-order valence-electron chi connectivity index (χ4n) is 3.15. The number of aromatic nitrogens is 3. The monoisotopic (exact) mass is 502 g/mol. The molecule has 0 atom stereocenters. The molecule has 0 fully saturated rings. The molecule has 0 aliphatic carbocycles. The van der Waals surface area contributed by atoms with Gasteiger partial charge in [-0.1, -0.05) is 6.07 Å². The zero-order valence-electron chi connectivity index (χ0n) is 20.1. The molecule has 1 N–H and O–H groups in total. The molecule has 37 heavy (non-hydrogen) atoms. The van der Waals surface area contributed by atoms with Gasteiger partial charge in [-0.05, 0) is 60.7 Å². The van der Waals surface area contributed by atoms with Crippen LogP contribution in [0.2, 0.25) is 0 Å². The van der Waals surface area contributed by atoms with E-state index in [0.29, 0.717) is 40.3 Å². The van der Waals surface area contributed by atoms with Gasteiger partial charge in [-0.2, -0.15) is 9.97 Å². The molecule has 0 aliphatic heterocycles. The minimum Gasteiger partial charge on any atom is -0.497 e. The lowest BCUT2D eigenvalue weighted by atomic mass is 10.2. The lowest BCUT2D eigenvalue weighted by Crippen LogP contribution is -2.05. The minimum atomic E-state index is -0.488. The number of aldehydes is 1. The van der Waals surface area contributed by atoms with Crippen molar-refractivity contribution in [3.63, 3.8) is 0 Å². The molecular weight excluding hydrogens is 480 g/mol. The summed E-state index contributed by atoms with van der Waals surface area (Å²) in [6, 6.07) is 17.9. The summed E-state index contributed by atoms with van der Waals surface area (Å²) in [5.41, 5.74) is 1.27. The van der Waals surface area contributed by atoms with E-state index in [2.05, 4.69) is 20.3 Å². The van der Waals surface area contributed by atoms with Gasteiger partial charge in [0.2, 0.25) is 5.95 Å². The molecule has 1 heterocycles. The normalized spacial score (nSPS) is 10.2. The highest BCUT2D eigenvalue weighted by Crippen LogP contribution is 2.32. The van der Waals surface area contributed by atoms with Crippen molar-refractivity contribution in [3.8, 4) is 35.0 Å². The maximum atomic E-state index is 11.9. The van der Waals surface area contributed by atoms with Gasteiger partial charge in [0.1, 0.15) is 17.8 Å². The fourth-order valence-corrected chi connectivity index (χ4v) is 3.15. The van der Waals surface area contributed by atoms with E-state index in [1.54, 1.807) is 67.8 Å². The van der Waals surface area contributed by atoms with E-state index < -0.39 is 5.97 Å². The van der Waals surface area contributed by atoms with Crippen molar-refractivity contribution in [3.05, 3.63) is 77.9 Å². The first-order valence-electron chi connectivity index (χ1n) is 10.9. The van der Waals surface area contributed by atoms with Crippen LogP contribution >= 0.6 is 0 Å². The summed E-state index contributed by atoms with van der Waals surface area (Å²) < 4.78 is 26.9. The van der Waals surface area contributed by atoms with E-state index >= 15 is 0 Å². The maximum Gasteiger partial charge on any atom is 0.337 e. The number of carbonyl (C=O) groups excluding carboxylic acids is 2. The molecule has 1 aromatic heterocycles. The molecule has 188 valence electrons. The summed E-state index contributed by atoms with van der Waals surface area (Å²) in [6.07, 6.45) is 0.695. The number of benzene rings is 3. The Labute approximate surface area is 212 Å². The first-order valence-corrected chi connectivity index (χ1v) is 10.9. The number of hydrogen-bond donors (Lipinski definition) is 1. The molecule has 11 nitrogen and oxygen atoms in total. The highest BCUT2D eigenvalue weighted by atomic mass is 16.5. The Kier molecular flexibility index (Phi) is 7.74. The molecule has 0 aliphatic rings. The Bertz CT molecular complexity index is 1410. The van der Waals surface area contributed by atoms with Crippen molar-refractivity contribution < 1.29 is 33.3 Å². The number of carbonyl (C=O) groups is 2. The smallest absolute Gasteiger partial charge is 0.337 e. The topological polar surface area (TPSA) is 131 Å². The SMILES string of the molecule is COC(=O)c1cccc(Nc2nc(Oc3ccc(OC)cc3)nc(Oc3ccc(C=O)cc3OC)n2)c1. The van der Waals surface area contributed by atoms with E-state index in [1.165, 1.54) is 20.3 Å². The number of rotatable bonds is 10. The van der Waals surface area contributed by atoms with Crippen LogP contribution in [-0.2, 0) is 4.74 Å². The van der Waals surface area contributed by atoms with Gasteiger partial charge in [0, 0.05) is 11.3 Å². The summed E-state index contributed by atoms with van der Waals surface area (Å²) in [5, 5.41) is 3.01. The Balaban J connectivity index is 1.68. The van der Waals surface area contributed by atoms with E-state index in [0.717, 1.165) is 0 Å². The lowest BCUT2D eigenvalue weighted by molar-refractivity contribution is 0.0600. The quantitative estimate of drug-likeness (QED) is 0.237. The van der Waals surface area contributed by atoms with E-state index in [-0.39, 0.29) is 23.7 Å². The summed E-state index contributed by atoms with van der Waals surface area (Å²) in [5.74, 6) is 1.28. The average molecular weight is 502 g/mol. The zero-order valence-corrected chi connectivity index (χ0v) is 20.1. The second-order valence-electron chi connectivity index (χ2n) is 7.33. The molecule has 3 aromatic carbocycles.